The van der Waals surface area contributed by atoms with E-state index in [0.717, 1.165) is 12.0 Å². The zero-order valence-corrected chi connectivity index (χ0v) is 13.8. The van der Waals surface area contributed by atoms with Crippen LogP contribution in [0.3, 0.4) is 0 Å². The van der Waals surface area contributed by atoms with Gasteiger partial charge in [0.25, 0.3) is 0 Å². The molecule has 1 fully saturated rings. The Bertz CT molecular complexity index is 506. The molecule has 1 heterocycles. The summed E-state index contributed by atoms with van der Waals surface area (Å²) in [4.78, 5) is 0. The first-order valence-electron chi connectivity index (χ1n) is 7.37. The second kappa shape index (κ2) is 5.50. The van der Waals surface area contributed by atoms with Crippen LogP contribution >= 0.6 is 0 Å². The molecule has 1 N–H and O–H groups in total. The molecule has 21 heavy (non-hydrogen) atoms. The number of rotatable bonds is 4. The second-order valence-corrected chi connectivity index (χ2v) is 6.86. The molecule has 1 aliphatic heterocycles. The first-order valence-corrected chi connectivity index (χ1v) is 7.37. The summed E-state index contributed by atoms with van der Waals surface area (Å²) in [6.45, 7) is 9.94. The summed E-state index contributed by atoms with van der Waals surface area (Å²) in [5, 5.41) is 9.92. The van der Waals surface area contributed by atoms with E-state index in [1.807, 2.05) is 32.0 Å². The molecule has 1 unspecified atom stereocenters. The van der Waals surface area contributed by atoms with Crippen molar-refractivity contribution in [2.75, 3.05) is 7.11 Å². The third-order valence-electron chi connectivity index (χ3n) is 3.93. The molecule has 1 saturated heterocycles. The van der Waals surface area contributed by atoms with E-state index in [1.54, 1.807) is 14.0 Å². The monoisotopic (exact) mass is 294 g/mol. The van der Waals surface area contributed by atoms with Crippen molar-refractivity contribution in [2.45, 2.75) is 64.4 Å². The normalized spacial score (nSPS) is 24.6. The van der Waals surface area contributed by atoms with Crippen molar-refractivity contribution in [1.29, 1.82) is 0 Å². The van der Waals surface area contributed by atoms with E-state index in [2.05, 4.69) is 13.8 Å². The lowest BCUT2D eigenvalue weighted by atomic mass is 9.97. The van der Waals surface area contributed by atoms with Gasteiger partial charge in [-0.1, -0.05) is 0 Å². The molecule has 1 aliphatic rings. The maximum Gasteiger partial charge on any atom is 0.130 e. The molecule has 0 bridgehead atoms. The van der Waals surface area contributed by atoms with E-state index in [0.29, 0.717) is 11.5 Å². The lowest BCUT2D eigenvalue weighted by Crippen LogP contribution is -2.37. The minimum Gasteiger partial charge on any atom is -0.497 e. The molecule has 2 atom stereocenters. The van der Waals surface area contributed by atoms with Gasteiger partial charge in [-0.2, -0.15) is 0 Å². The molecule has 4 nitrogen and oxygen atoms in total. The Labute approximate surface area is 127 Å². The van der Waals surface area contributed by atoms with Crippen LogP contribution in [0.1, 0.15) is 52.7 Å². The van der Waals surface area contributed by atoms with Gasteiger partial charge >= 0.3 is 0 Å². The van der Waals surface area contributed by atoms with Crippen molar-refractivity contribution >= 4 is 0 Å². The van der Waals surface area contributed by atoms with Gasteiger partial charge < -0.3 is 19.3 Å². The predicted octanol–water partition coefficient (Wildman–Crippen LogP) is 3.47. The lowest BCUT2D eigenvalue weighted by Gasteiger charge is -2.28. The smallest absolute Gasteiger partial charge is 0.130 e. The quantitative estimate of drug-likeness (QED) is 0.923. The van der Waals surface area contributed by atoms with Crippen LogP contribution < -0.4 is 9.47 Å². The van der Waals surface area contributed by atoms with Crippen LogP contribution in [0.4, 0.5) is 0 Å². The van der Waals surface area contributed by atoms with Gasteiger partial charge in [-0.3, -0.25) is 0 Å². The molecule has 1 aromatic rings. The summed E-state index contributed by atoms with van der Waals surface area (Å²) in [5.74, 6) is 1.37. The summed E-state index contributed by atoms with van der Waals surface area (Å²) >= 11 is 0. The van der Waals surface area contributed by atoms with Gasteiger partial charge in [0.2, 0.25) is 0 Å². The third-order valence-corrected chi connectivity index (χ3v) is 3.93. The topological polar surface area (TPSA) is 47.9 Å². The molecular weight excluding hydrogens is 268 g/mol. The Hall–Kier alpha value is -1.26. The van der Waals surface area contributed by atoms with Crippen LogP contribution in [0.15, 0.2) is 18.2 Å². The fourth-order valence-electron chi connectivity index (χ4n) is 2.94. The van der Waals surface area contributed by atoms with Gasteiger partial charge in [0.15, 0.2) is 0 Å². The van der Waals surface area contributed by atoms with E-state index in [-0.39, 0.29) is 17.3 Å². The van der Waals surface area contributed by atoms with E-state index in [4.69, 9.17) is 14.2 Å². The summed E-state index contributed by atoms with van der Waals surface area (Å²) in [6, 6.07) is 5.49. The summed E-state index contributed by atoms with van der Waals surface area (Å²) in [6.07, 6.45) is 0.137. The third kappa shape index (κ3) is 3.50. The highest BCUT2D eigenvalue weighted by Gasteiger charge is 2.47. The van der Waals surface area contributed by atoms with Gasteiger partial charge in [0.05, 0.1) is 18.8 Å². The standard InChI is InChI=1S/C17H26O4/c1-11(18)13-8-7-12(19-6)9-14(13)20-15-10-16(2,3)21-17(15,4)5/h7-9,11,15,18H,10H2,1-6H3/t11-,15?/m1/s1. The molecule has 0 radical (unpaired) electrons. The number of aliphatic hydroxyl groups is 1. The first kappa shape index (κ1) is 16.1. The molecule has 0 aromatic heterocycles. The number of benzene rings is 1. The minimum atomic E-state index is -0.593. The Morgan fingerprint density at radius 3 is 2.43 bits per heavy atom. The highest BCUT2D eigenvalue weighted by atomic mass is 16.6. The maximum atomic E-state index is 9.92. The van der Waals surface area contributed by atoms with Crippen molar-refractivity contribution < 1.29 is 19.3 Å². The van der Waals surface area contributed by atoms with Crippen LogP contribution in [-0.4, -0.2) is 29.5 Å². The Balaban J connectivity index is 2.30. The second-order valence-electron chi connectivity index (χ2n) is 6.86. The van der Waals surface area contributed by atoms with Crippen molar-refractivity contribution in [3.8, 4) is 11.5 Å². The van der Waals surface area contributed by atoms with E-state index in [1.165, 1.54) is 0 Å². The van der Waals surface area contributed by atoms with Crippen molar-refractivity contribution in [3.05, 3.63) is 23.8 Å². The number of ether oxygens (including phenoxy) is 3. The average Bonchev–Trinajstić information content (AvgIpc) is 2.56. The number of hydrogen-bond donors (Lipinski definition) is 1. The van der Waals surface area contributed by atoms with E-state index >= 15 is 0 Å². The van der Waals surface area contributed by atoms with E-state index in [9.17, 15) is 5.11 Å². The fraction of sp³-hybridized carbons (Fsp3) is 0.647. The Morgan fingerprint density at radius 2 is 1.95 bits per heavy atom. The lowest BCUT2D eigenvalue weighted by molar-refractivity contribution is -0.0848. The molecule has 4 heteroatoms. The molecule has 0 spiro atoms. The van der Waals surface area contributed by atoms with Crippen molar-refractivity contribution in [3.63, 3.8) is 0 Å². The van der Waals surface area contributed by atoms with Gasteiger partial charge in [0, 0.05) is 18.1 Å². The SMILES string of the molecule is COc1ccc([C@@H](C)O)c(OC2CC(C)(C)OC2(C)C)c1. The van der Waals surface area contributed by atoms with Crippen LogP contribution in [0.5, 0.6) is 11.5 Å². The number of methoxy groups -OCH3 is 1. The van der Waals surface area contributed by atoms with Crippen LogP contribution in [-0.2, 0) is 4.74 Å². The zero-order chi connectivity index (χ0) is 15.8. The predicted molar refractivity (Wildman–Crippen MR) is 81.9 cm³/mol. The molecule has 118 valence electrons. The average molecular weight is 294 g/mol. The summed E-state index contributed by atoms with van der Waals surface area (Å²) < 4.78 is 17.5. The highest BCUT2D eigenvalue weighted by Crippen LogP contribution is 2.41. The van der Waals surface area contributed by atoms with Gasteiger partial charge in [0.1, 0.15) is 23.2 Å². The van der Waals surface area contributed by atoms with Gasteiger partial charge in [-0.15, -0.1) is 0 Å². The fourth-order valence-corrected chi connectivity index (χ4v) is 2.94. The largest absolute Gasteiger partial charge is 0.497 e. The van der Waals surface area contributed by atoms with Crippen LogP contribution in [0, 0.1) is 0 Å². The zero-order valence-electron chi connectivity index (χ0n) is 13.8. The van der Waals surface area contributed by atoms with E-state index < -0.39 is 6.10 Å². The summed E-state index contributed by atoms with van der Waals surface area (Å²) in [7, 11) is 1.62. The molecule has 2 rings (SSSR count). The van der Waals surface area contributed by atoms with Crippen LogP contribution in [0.25, 0.3) is 0 Å². The molecule has 0 saturated carbocycles. The van der Waals surface area contributed by atoms with Crippen LogP contribution in [0.2, 0.25) is 0 Å². The van der Waals surface area contributed by atoms with Crippen molar-refractivity contribution in [1.82, 2.24) is 0 Å². The summed E-state index contributed by atoms with van der Waals surface area (Å²) in [5.41, 5.74) is 0.178. The minimum absolute atomic E-state index is 0.0721. The molecular formula is C17H26O4. The number of hydrogen-bond acceptors (Lipinski definition) is 4. The Kier molecular flexibility index (Phi) is 4.22. The van der Waals surface area contributed by atoms with Gasteiger partial charge in [-0.25, -0.2) is 0 Å². The van der Waals surface area contributed by atoms with Gasteiger partial charge in [-0.05, 0) is 46.8 Å². The maximum absolute atomic E-state index is 9.92. The Morgan fingerprint density at radius 1 is 1.29 bits per heavy atom. The first-order chi connectivity index (χ1) is 9.64. The van der Waals surface area contributed by atoms with Crippen molar-refractivity contribution in [2.24, 2.45) is 0 Å². The number of aliphatic hydroxyl groups excluding tert-OH is 1. The molecule has 1 aromatic carbocycles. The highest BCUT2D eigenvalue weighted by molar-refractivity contribution is 5.42. The molecule has 0 amide bonds. The molecule has 0 aliphatic carbocycles.